The van der Waals surface area contributed by atoms with E-state index >= 15 is 0 Å². The first-order chi connectivity index (χ1) is 18.2. The second kappa shape index (κ2) is 10.6. The number of ether oxygens (including phenoxy) is 2. The first kappa shape index (κ1) is 26.0. The van der Waals surface area contributed by atoms with Crippen LogP contribution in [0, 0.1) is 0 Å². The zero-order valence-corrected chi connectivity index (χ0v) is 22.8. The van der Waals surface area contributed by atoms with Gasteiger partial charge in [0.05, 0.1) is 29.4 Å². The maximum absolute atomic E-state index is 12.7. The van der Waals surface area contributed by atoms with Crippen molar-refractivity contribution < 1.29 is 9.47 Å². The summed E-state index contributed by atoms with van der Waals surface area (Å²) in [4.78, 5) is 19.9. The molecule has 0 bridgehead atoms. The van der Waals surface area contributed by atoms with Crippen LogP contribution in [-0.4, -0.2) is 45.8 Å². The van der Waals surface area contributed by atoms with E-state index in [-0.39, 0.29) is 17.0 Å². The number of rotatable bonds is 6. The van der Waals surface area contributed by atoms with Crippen LogP contribution in [-0.2, 0) is 0 Å². The first-order valence-corrected chi connectivity index (χ1v) is 13.1. The molecule has 1 fully saturated rings. The van der Waals surface area contributed by atoms with Gasteiger partial charge in [-0.05, 0) is 82.4 Å². The highest BCUT2D eigenvalue weighted by Gasteiger charge is 2.28. The Kier molecular flexibility index (Phi) is 7.27. The van der Waals surface area contributed by atoms with Crippen molar-refractivity contribution in [2.24, 2.45) is 0 Å². The molecule has 1 aliphatic heterocycles. The zero-order chi connectivity index (χ0) is 26.9. The van der Waals surface area contributed by atoms with Crippen LogP contribution in [0.1, 0.15) is 45.1 Å². The van der Waals surface area contributed by atoms with Crippen LogP contribution >= 0.6 is 11.6 Å². The number of aromatic nitrogens is 3. The van der Waals surface area contributed by atoms with E-state index in [1.54, 1.807) is 31.5 Å². The van der Waals surface area contributed by atoms with Crippen LogP contribution in [0.4, 0.5) is 11.5 Å². The van der Waals surface area contributed by atoms with Crippen molar-refractivity contribution in [2.75, 3.05) is 25.5 Å². The first-order valence-electron chi connectivity index (χ1n) is 12.7. The summed E-state index contributed by atoms with van der Waals surface area (Å²) in [5, 5.41) is 11.1. The highest BCUT2D eigenvalue weighted by molar-refractivity contribution is 6.32. The molecule has 198 valence electrons. The Labute approximate surface area is 226 Å². The van der Waals surface area contributed by atoms with Gasteiger partial charge in [0, 0.05) is 17.0 Å². The monoisotopic (exact) mass is 533 g/mol. The lowest BCUT2D eigenvalue weighted by atomic mass is 9.87. The number of aromatic amines is 1. The highest BCUT2D eigenvalue weighted by Crippen LogP contribution is 2.37. The molecule has 0 radical (unpaired) electrons. The van der Waals surface area contributed by atoms with E-state index in [0.29, 0.717) is 44.7 Å². The Morgan fingerprint density at radius 2 is 1.84 bits per heavy atom. The van der Waals surface area contributed by atoms with Crippen LogP contribution in [0.15, 0.2) is 59.5 Å². The lowest BCUT2D eigenvalue weighted by Gasteiger charge is -2.41. The lowest BCUT2D eigenvalue weighted by Crippen LogP contribution is -2.45. The zero-order valence-electron chi connectivity index (χ0n) is 22.0. The Hall–Kier alpha value is -3.62. The highest BCUT2D eigenvalue weighted by atomic mass is 35.5. The van der Waals surface area contributed by atoms with Gasteiger partial charge in [-0.1, -0.05) is 29.8 Å². The number of anilines is 2. The molecule has 0 spiro atoms. The molecule has 1 saturated heterocycles. The summed E-state index contributed by atoms with van der Waals surface area (Å²) >= 11 is 6.28. The minimum Gasteiger partial charge on any atom is -0.495 e. The molecule has 0 saturated carbocycles. The molecule has 1 aliphatic rings. The van der Waals surface area contributed by atoms with Gasteiger partial charge in [-0.2, -0.15) is 10.1 Å². The average molecular weight is 534 g/mol. The largest absolute Gasteiger partial charge is 0.495 e. The number of pyridine rings is 1. The van der Waals surface area contributed by atoms with E-state index in [4.69, 9.17) is 21.1 Å². The summed E-state index contributed by atoms with van der Waals surface area (Å²) in [5.41, 5.74) is 1.77. The van der Waals surface area contributed by atoms with Gasteiger partial charge in [0.2, 0.25) is 5.88 Å². The summed E-state index contributed by atoms with van der Waals surface area (Å²) in [5.74, 6) is 2.22. The molecule has 4 aromatic rings. The maximum Gasteiger partial charge on any atom is 0.275 e. The summed E-state index contributed by atoms with van der Waals surface area (Å²) in [6.45, 7) is 8.95. The molecule has 2 aromatic carbocycles. The van der Waals surface area contributed by atoms with Crippen LogP contribution < -0.4 is 20.3 Å². The number of nitrogens with zero attached hydrogens (tertiary/aromatic N) is 3. The van der Waals surface area contributed by atoms with E-state index in [1.165, 1.54) is 5.56 Å². The molecule has 38 heavy (non-hydrogen) atoms. The van der Waals surface area contributed by atoms with Crippen LogP contribution in [0.25, 0.3) is 10.8 Å². The fraction of sp³-hybridized carbons (Fsp3) is 0.345. The molecule has 5 rings (SSSR count). The van der Waals surface area contributed by atoms with Crippen molar-refractivity contribution in [3.05, 3.63) is 75.7 Å². The van der Waals surface area contributed by atoms with Crippen LogP contribution in [0.2, 0.25) is 5.02 Å². The third-order valence-corrected chi connectivity index (χ3v) is 7.38. The number of para-hydroxylation sites is 1. The number of fused-ring (bicyclic) bond motifs is 1. The Morgan fingerprint density at radius 1 is 1.08 bits per heavy atom. The molecule has 0 unspecified atom stereocenters. The van der Waals surface area contributed by atoms with Crippen LogP contribution in [0.3, 0.4) is 0 Å². The summed E-state index contributed by atoms with van der Waals surface area (Å²) in [6, 6.07) is 15.0. The number of likely N-dealkylation sites (tertiary alicyclic amines) is 1. The summed E-state index contributed by atoms with van der Waals surface area (Å²) in [6.07, 6.45) is 3.76. The van der Waals surface area contributed by atoms with Gasteiger partial charge in [-0.3, -0.25) is 9.69 Å². The fourth-order valence-corrected chi connectivity index (χ4v) is 5.13. The van der Waals surface area contributed by atoms with Crippen molar-refractivity contribution in [2.45, 2.75) is 45.1 Å². The summed E-state index contributed by atoms with van der Waals surface area (Å²) < 4.78 is 11.7. The van der Waals surface area contributed by atoms with Gasteiger partial charge in [-0.25, -0.2) is 5.10 Å². The van der Waals surface area contributed by atoms with Crippen molar-refractivity contribution in [1.29, 1.82) is 0 Å². The predicted octanol–water partition coefficient (Wildman–Crippen LogP) is 6.49. The quantitative estimate of drug-likeness (QED) is 0.292. The van der Waals surface area contributed by atoms with E-state index in [1.807, 2.05) is 18.2 Å². The normalized spacial score (nSPS) is 15.0. The molecular weight excluding hydrogens is 502 g/mol. The smallest absolute Gasteiger partial charge is 0.275 e. The molecule has 2 N–H and O–H groups in total. The van der Waals surface area contributed by atoms with Crippen molar-refractivity contribution in [1.82, 2.24) is 20.1 Å². The molecule has 3 heterocycles. The molecule has 9 heteroatoms. The maximum atomic E-state index is 12.7. The second-order valence-electron chi connectivity index (χ2n) is 10.5. The molecule has 0 atom stereocenters. The topological polar surface area (TPSA) is 92.4 Å². The standard InChI is InChI=1S/C29H32ClN5O3/c1-29(2,3)35-13-11-18(12-14-35)19-9-10-22(24(15-19)37-4)32-27-26-20(17-31-34-28(26)36)16-25(33-27)38-23-8-6-5-7-21(23)30/h5-10,15-18H,11-14H2,1-4H3,(H,32,33)(H,34,36). The van der Waals surface area contributed by atoms with E-state index in [0.717, 1.165) is 25.9 Å². The number of nitrogens with one attached hydrogen (secondary N) is 2. The molecular formula is C29H32ClN5O3. The van der Waals surface area contributed by atoms with E-state index < -0.39 is 0 Å². The van der Waals surface area contributed by atoms with Gasteiger partial charge >= 0.3 is 0 Å². The van der Waals surface area contributed by atoms with Crippen molar-refractivity contribution in [3.8, 4) is 17.4 Å². The Balaban J connectivity index is 1.45. The average Bonchev–Trinajstić information content (AvgIpc) is 2.90. The number of piperidine rings is 1. The lowest BCUT2D eigenvalue weighted by molar-refractivity contribution is 0.102. The third-order valence-electron chi connectivity index (χ3n) is 7.07. The number of benzene rings is 2. The number of methoxy groups -OCH3 is 1. The Morgan fingerprint density at radius 3 is 2.55 bits per heavy atom. The number of hydrogen-bond donors (Lipinski definition) is 2. The number of H-pyrrole nitrogens is 1. The Bertz CT molecular complexity index is 1510. The molecule has 0 aliphatic carbocycles. The van der Waals surface area contributed by atoms with Gasteiger partial charge in [-0.15, -0.1) is 0 Å². The fourth-order valence-electron chi connectivity index (χ4n) is 4.96. The minimum atomic E-state index is -0.358. The van der Waals surface area contributed by atoms with Gasteiger partial charge in [0.1, 0.15) is 17.3 Å². The third kappa shape index (κ3) is 5.47. The minimum absolute atomic E-state index is 0.184. The van der Waals surface area contributed by atoms with Gasteiger partial charge in [0.25, 0.3) is 5.56 Å². The van der Waals surface area contributed by atoms with Crippen molar-refractivity contribution in [3.63, 3.8) is 0 Å². The second-order valence-corrected chi connectivity index (χ2v) is 10.9. The van der Waals surface area contributed by atoms with Crippen molar-refractivity contribution >= 4 is 33.9 Å². The van der Waals surface area contributed by atoms with Gasteiger partial charge < -0.3 is 14.8 Å². The van der Waals surface area contributed by atoms with E-state index in [2.05, 4.69) is 58.3 Å². The van der Waals surface area contributed by atoms with E-state index in [9.17, 15) is 4.79 Å². The number of halogens is 1. The van der Waals surface area contributed by atoms with Crippen LogP contribution in [0.5, 0.6) is 17.4 Å². The number of hydrogen-bond acceptors (Lipinski definition) is 7. The molecule has 2 aromatic heterocycles. The van der Waals surface area contributed by atoms with Gasteiger partial charge in [0.15, 0.2) is 0 Å². The predicted molar refractivity (Wildman–Crippen MR) is 151 cm³/mol. The summed E-state index contributed by atoms with van der Waals surface area (Å²) in [7, 11) is 1.64. The molecule has 0 amide bonds. The SMILES string of the molecule is COc1cc(C2CCN(C(C)(C)C)CC2)ccc1Nc1nc(Oc2ccccc2Cl)cc2cn[nH]c(=O)c12. The molecule has 8 nitrogen and oxygen atoms in total.